The molecule has 1 saturated heterocycles. The van der Waals surface area contributed by atoms with Gasteiger partial charge in [-0.05, 0) is 84.1 Å². The van der Waals surface area contributed by atoms with Crippen LogP contribution in [0.25, 0.3) is 6.08 Å². The first kappa shape index (κ1) is 23.2. The van der Waals surface area contributed by atoms with Crippen molar-refractivity contribution in [3.8, 4) is 11.5 Å². The molecule has 0 atom stereocenters. The summed E-state index contributed by atoms with van der Waals surface area (Å²) in [4.78, 5) is 26.8. The molecule has 1 heterocycles. The van der Waals surface area contributed by atoms with Crippen LogP contribution in [0.15, 0.2) is 35.2 Å². The lowest BCUT2D eigenvalue weighted by Gasteiger charge is -2.15. The number of hydrogen-bond donors (Lipinski definition) is 0. The molecule has 9 heteroatoms. The molecule has 0 radical (unpaired) electrons. The first-order valence-corrected chi connectivity index (χ1v) is 11.8. The summed E-state index contributed by atoms with van der Waals surface area (Å²) in [5.41, 5.74) is 1.28. The minimum atomic E-state index is -0.386. The SMILES string of the molecule is CCOc1cc(/C=C2/SC(=O)N(Cc3c(Cl)cccc3Cl)C2=O)cc(I)c1OCC. The molecule has 0 spiro atoms. The van der Waals surface area contributed by atoms with Gasteiger partial charge in [0.1, 0.15) is 0 Å². The Morgan fingerprint density at radius 3 is 2.40 bits per heavy atom. The van der Waals surface area contributed by atoms with Gasteiger partial charge in [-0.15, -0.1) is 0 Å². The van der Waals surface area contributed by atoms with E-state index in [1.54, 1.807) is 30.3 Å². The van der Waals surface area contributed by atoms with Crippen LogP contribution in [-0.4, -0.2) is 29.3 Å². The number of halogens is 3. The van der Waals surface area contributed by atoms with E-state index in [9.17, 15) is 9.59 Å². The number of ether oxygens (including phenoxy) is 2. The zero-order chi connectivity index (χ0) is 21.8. The molecule has 1 fully saturated rings. The lowest BCUT2D eigenvalue weighted by molar-refractivity contribution is -0.123. The van der Waals surface area contributed by atoms with Gasteiger partial charge < -0.3 is 9.47 Å². The number of rotatable bonds is 7. The van der Waals surface area contributed by atoms with Crippen LogP contribution < -0.4 is 9.47 Å². The third kappa shape index (κ3) is 5.07. The zero-order valence-electron chi connectivity index (χ0n) is 16.2. The average Bonchev–Trinajstić information content (AvgIpc) is 2.94. The number of carbonyl (C=O) groups excluding carboxylic acids is 2. The molecule has 0 aliphatic carbocycles. The molecule has 30 heavy (non-hydrogen) atoms. The van der Waals surface area contributed by atoms with E-state index in [4.69, 9.17) is 32.7 Å². The molecule has 2 amide bonds. The van der Waals surface area contributed by atoms with Crippen LogP contribution in [-0.2, 0) is 11.3 Å². The Balaban J connectivity index is 1.90. The largest absolute Gasteiger partial charge is 0.490 e. The number of amides is 2. The molecular weight excluding hydrogens is 560 g/mol. The highest BCUT2D eigenvalue weighted by molar-refractivity contribution is 14.1. The van der Waals surface area contributed by atoms with Gasteiger partial charge in [-0.1, -0.05) is 29.3 Å². The van der Waals surface area contributed by atoms with Gasteiger partial charge in [0.15, 0.2) is 11.5 Å². The van der Waals surface area contributed by atoms with Crippen molar-refractivity contribution in [3.63, 3.8) is 0 Å². The molecule has 0 bridgehead atoms. The second-order valence-corrected chi connectivity index (χ2v) is 9.13. The summed E-state index contributed by atoms with van der Waals surface area (Å²) in [5, 5.41) is 0.453. The molecule has 2 aromatic rings. The van der Waals surface area contributed by atoms with Crippen molar-refractivity contribution in [1.29, 1.82) is 0 Å². The first-order chi connectivity index (χ1) is 14.3. The van der Waals surface area contributed by atoms with Crippen LogP contribution in [0.3, 0.4) is 0 Å². The maximum Gasteiger partial charge on any atom is 0.293 e. The Kier molecular flexibility index (Phi) is 7.95. The number of nitrogens with zero attached hydrogens (tertiary/aromatic N) is 1. The number of thioether (sulfide) groups is 1. The maximum atomic E-state index is 12.9. The van der Waals surface area contributed by atoms with Crippen molar-refractivity contribution < 1.29 is 19.1 Å². The number of carbonyl (C=O) groups is 2. The summed E-state index contributed by atoms with van der Waals surface area (Å²) in [5.74, 6) is 0.876. The lowest BCUT2D eigenvalue weighted by Crippen LogP contribution is -2.27. The van der Waals surface area contributed by atoms with Gasteiger partial charge in [0.2, 0.25) is 0 Å². The minimum Gasteiger partial charge on any atom is -0.490 e. The molecule has 0 aromatic heterocycles. The van der Waals surface area contributed by atoms with Crippen molar-refractivity contribution in [2.45, 2.75) is 20.4 Å². The van der Waals surface area contributed by atoms with E-state index in [1.165, 1.54) is 0 Å². The Labute approximate surface area is 202 Å². The number of benzene rings is 2. The Bertz CT molecular complexity index is 1010. The summed E-state index contributed by atoms with van der Waals surface area (Å²) in [6.45, 7) is 4.81. The highest BCUT2D eigenvalue weighted by Crippen LogP contribution is 2.38. The fraction of sp³-hybridized carbons (Fsp3) is 0.238. The molecular formula is C21H18Cl2INO4S. The second-order valence-electron chi connectivity index (χ2n) is 6.16. The fourth-order valence-electron chi connectivity index (χ4n) is 2.85. The van der Waals surface area contributed by atoms with Crippen molar-refractivity contribution in [1.82, 2.24) is 4.90 Å². The average molecular weight is 578 g/mol. The van der Waals surface area contributed by atoms with Gasteiger partial charge >= 0.3 is 0 Å². The summed E-state index contributed by atoms with van der Waals surface area (Å²) < 4.78 is 12.2. The quantitative estimate of drug-likeness (QED) is 0.273. The molecule has 0 unspecified atom stereocenters. The Hall–Kier alpha value is -1.42. The first-order valence-electron chi connectivity index (χ1n) is 9.13. The summed E-state index contributed by atoms with van der Waals surface area (Å²) in [6, 6.07) is 8.75. The van der Waals surface area contributed by atoms with E-state index in [1.807, 2.05) is 19.9 Å². The van der Waals surface area contributed by atoms with Gasteiger partial charge in [-0.25, -0.2) is 0 Å². The van der Waals surface area contributed by atoms with Gasteiger partial charge in [0.25, 0.3) is 11.1 Å². The van der Waals surface area contributed by atoms with Gasteiger partial charge in [-0.3, -0.25) is 14.5 Å². The molecule has 2 aromatic carbocycles. The van der Waals surface area contributed by atoms with E-state index in [0.717, 1.165) is 25.8 Å². The Morgan fingerprint density at radius 2 is 1.77 bits per heavy atom. The fourth-order valence-corrected chi connectivity index (χ4v) is 4.98. The second kappa shape index (κ2) is 10.3. The van der Waals surface area contributed by atoms with Crippen molar-refractivity contribution in [2.24, 2.45) is 0 Å². The van der Waals surface area contributed by atoms with Crippen LogP contribution >= 0.6 is 57.6 Å². The van der Waals surface area contributed by atoms with Crippen LogP contribution in [0.4, 0.5) is 4.79 Å². The van der Waals surface area contributed by atoms with Crippen LogP contribution in [0.5, 0.6) is 11.5 Å². The van der Waals surface area contributed by atoms with Gasteiger partial charge in [0, 0.05) is 15.6 Å². The molecule has 1 aliphatic heterocycles. The predicted octanol–water partition coefficient (Wildman–Crippen LogP) is 6.63. The smallest absolute Gasteiger partial charge is 0.293 e. The molecule has 1 aliphatic rings. The molecule has 5 nitrogen and oxygen atoms in total. The van der Waals surface area contributed by atoms with Gasteiger partial charge in [-0.2, -0.15) is 0 Å². The monoisotopic (exact) mass is 577 g/mol. The third-order valence-electron chi connectivity index (χ3n) is 4.17. The van der Waals surface area contributed by atoms with E-state index < -0.39 is 0 Å². The highest BCUT2D eigenvalue weighted by atomic mass is 127. The third-order valence-corrected chi connectivity index (χ3v) is 6.59. The topological polar surface area (TPSA) is 55.8 Å². The Morgan fingerprint density at radius 1 is 1.10 bits per heavy atom. The molecule has 0 N–H and O–H groups in total. The predicted molar refractivity (Wildman–Crippen MR) is 129 cm³/mol. The lowest BCUT2D eigenvalue weighted by atomic mass is 10.1. The van der Waals surface area contributed by atoms with E-state index in [-0.39, 0.29) is 17.7 Å². The molecule has 0 saturated carbocycles. The van der Waals surface area contributed by atoms with E-state index in [2.05, 4.69) is 22.6 Å². The maximum absolute atomic E-state index is 12.9. The van der Waals surface area contributed by atoms with Crippen molar-refractivity contribution >= 4 is 74.8 Å². The standard InChI is InChI=1S/C21H18Cl2INO4S/c1-3-28-17-9-12(8-16(24)19(17)29-4-2)10-18-20(26)25(21(27)30-18)11-13-14(22)6-5-7-15(13)23/h5-10H,3-4,11H2,1-2H3/b18-10+. The van der Waals surface area contributed by atoms with E-state index >= 15 is 0 Å². The minimum absolute atomic E-state index is 0.0194. The van der Waals surface area contributed by atoms with E-state index in [0.29, 0.717) is 45.2 Å². The van der Waals surface area contributed by atoms with Crippen molar-refractivity contribution in [2.75, 3.05) is 13.2 Å². The van der Waals surface area contributed by atoms with Crippen molar-refractivity contribution in [3.05, 3.63) is 60.0 Å². The number of imide groups is 1. The summed E-state index contributed by atoms with van der Waals surface area (Å²) >= 11 is 15.4. The zero-order valence-corrected chi connectivity index (χ0v) is 20.7. The summed E-state index contributed by atoms with van der Waals surface area (Å²) in [6.07, 6.45) is 1.68. The summed E-state index contributed by atoms with van der Waals surface area (Å²) in [7, 11) is 0. The normalized spacial score (nSPS) is 15.2. The molecule has 3 rings (SSSR count). The number of hydrogen-bond acceptors (Lipinski definition) is 5. The van der Waals surface area contributed by atoms with Crippen LogP contribution in [0.1, 0.15) is 25.0 Å². The van der Waals surface area contributed by atoms with Crippen LogP contribution in [0.2, 0.25) is 10.0 Å². The van der Waals surface area contributed by atoms with Crippen LogP contribution in [0, 0.1) is 3.57 Å². The molecule has 158 valence electrons. The highest BCUT2D eigenvalue weighted by Gasteiger charge is 2.35. The van der Waals surface area contributed by atoms with Gasteiger partial charge in [0.05, 0.1) is 28.2 Å².